The van der Waals surface area contributed by atoms with E-state index in [0.29, 0.717) is 50.4 Å². The Hall–Kier alpha value is -3.56. The van der Waals surface area contributed by atoms with Crippen molar-refractivity contribution in [1.82, 2.24) is 19.7 Å². The molecule has 3 heterocycles. The van der Waals surface area contributed by atoms with Crippen molar-refractivity contribution in [2.75, 3.05) is 17.7 Å². The van der Waals surface area contributed by atoms with Gasteiger partial charge in [-0.05, 0) is 29.8 Å². The molecule has 0 atom stereocenters. The maximum absolute atomic E-state index is 12.6. The minimum Gasteiger partial charge on any atom is -0.493 e. The molecular weight excluding hydrogens is 408 g/mol. The number of aryl methyl sites for hydroxylation is 1. The first kappa shape index (κ1) is 19.7. The zero-order valence-corrected chi connectivity index (χ0v) is 17.0. The molecule has 0 spiro atoms. The lowest BCUT2D eigenvalue weighted by Gasteiger charge is -2.14. The summed E-state index contributed by atoms with van der Waals surface area (Å²) < 4.78 is 6.75. The number of nitrogens with zero attached hydrogens (tertiary/aromatic N) is 3. The van der Waals surface area contributed by atoms with Crippen molar-refractivity contribution in [3.8, 4) is 5.75 Å². The normalized spacial score (nSPS) is 10.9. The number of benzene rings is 1. The van der Waals surface area contributed by atoms with Gasteiger partial charge < -0.3 is 20.5 Å². The molecule has 30 heavy (non-hydrogen) atoms. The number of fused-ring (bicyclic) bond motifs is 1. The Balaban J connectivity index is 1.81. The van der Waals surface area contributed by atoms with Crippen LogP contribution in [0.1, 0.15) is 5.56 Å². The van der Waals surface area contributed by atoms with E-state index in [1.165, 1.54) is 11.8 Å². The molecule has 0 unspecified atom stereocenters. The predicted molar refractivity (Wildman–Crippen MR) is 116 cm³/mol. The summed E-state index contributed by atoms with van der Waals surface area (Å²) in [6, 6.07) is 10.4. The van der Waals surface area contributed by atoms with Crippen molar-refractivity contribution >= 4 is 45.6 Å². The van der Waals surface area contributed by atoms with Gasteiger partial charge in [-0.1, -0.05) is 17.7 Å². The molecule has 0 aliphatic rings. The molecule has 4 N–H and O–H groups in total. The molecule has 9 nitrogen and oxygen atoms in total. The number of methoxy groups -OCH3 is 1. The molecule has 0 amide bonds. The van der Waals surface area contributed by atoms with Crippen LogP contribution >= 0.6 is 11.6 Å². The van der Waals surface area contributed by atoms with E-state index in [2.05, 4.69) is 25.7 Å². The lowest BCUT2D eigenvalue weighted by atomic mass is 10.2. The van der Waals surface area contributed by atoms with E-state index in [4.69, 9.17) is 16.3 Å². The van der Waals surface area contributed by atoms with E-state index < -0.39 is 0 Å². The van der Waals surface area contributed by atoms with Gasteiger partial charge in [0, 0.05) is 19.3 Å². The second-order valence-corrected chi connectivity index (χ2v) is 6.94. The fourth-order valence-corrected chi connectivity index (χ4v) is 3.37. The van der Waals surface area contributed by atoms with Crippen LogP contribution in [0.2, 0.25) is 5.02 Å². The SMILES string of the molecule is COc1c(Cl)cccc1Nc1cc(Nc2cc(CO)ccn2)nc2[nH]n(C)c(=O)c12. The number of hydrogen-bond donors (Lipinski definition) is 4. The Bertz CT molecular complexity index is 1280. The van der Waals surface area contributed by atoms with Crippen LogP contribution < -0.4 is 20.9 Å². The quantitative estimate of drug-likeness (QED) is 0.373. The van der Waals surface area contributed by atoms with Crippen LogP contribution in [0, 0.1) is 0 Å². The second-order valence-electron chi connectivity index (χ2n) is 6.53. The fraction of sp³-hybridized carbons (Fsp3) is 0.150. The van der Waals surface area contributed by atoms with Crippen molar-refractivity contribution in [2.45, 2.75) is 6.61 Å². The Kier molecular flexibility index (Phi) is 5.30. The van der Waals surface area contributed by atoms with Crippen LogP contribution in [0.3, 0.4) is 0 Å². The Morgan fingerprint density at radius 3 is 2.80 bits per heavy atom. The number of aliphatic hydroxyl groups is 1. The molecule has 4 aromatic rings. The van der Waals surface area contributed by atoms with Gasteiger partial charge >= 0.3 is 0 Å². The molecule has 0 saturated carbocycles. The van der Waals surface area contributed by atoms with E-state index >= 15 is 0 Å². The molecule has 1 aromatic carbocycles. The highest BCUT2D eigenvalue weighted by molar-refractivity contribution is 6.32. The summed E-state index contributed by atoms with van der Waals surface area (Å²) in [5.74, 6) is 1.43. The minimum absolute atomic E-state index is 0.100. The third kappa shape index (κ3) is 3.68. The van der Waals surface area contributed by atoms with Crippen LogP contribution in [0.15, 0.2) is 47.4 Å². The van der Waals surface area contributed by atoms with Crippen LogP contribution in [0.5, 0.6) is 5.75 Å². The molecule has 0 radical (unpaired) electrons. The number of H-pyrrole nitrogens is 1. The van der Waals surface area contributed by atoms with Crippen LogP contribution in [0.25, 0.3) is 11.0 Å². The number of ether oxygens (including phenoxy) is 1. The lowest BCUT2D eigenvalue weighted by Crippen LogP contribution is -2.12. The number of aromatic amines is 1. The van der Waals surface area contributed by atoms with Crippen molar-refractivity contribution < 1.29 is 9.84 Å². The van der Waals surface area contributed by atoms with Gasteiger partial charge in [-0.3, -0.25) is 14.6 Å². The number of nitrogens with one attached hydrogen (secondary N) is 3. The first-order valence-electron chi connectivity index (χ1n) is 9.02. The molecule has 0 saturated heterocycles. The molecule has 0 bridgehead atoms. The summed E-state index contributed by atoms with van der Waals surface area (Å²) in [5.41, 5.74) is 2.00. The van der Waals surface area contributed by atoms with Crippen LogP contribution in [-0.2, 0) is 13.7 Å². The fourth-order valence-electron chi connectivity index (χ4n) is 3.11. The monoisotopic (exact) mass is 426 g/mol. The van der Waals surface area contributed by atoms with Crippen molar-refractivity contribution in [3.05, 3.63) is 63.5 Å². The minimum atomic E-state index is -0.229. The summed E-state index contributed by atoms with van der Waals surface area (Å²) >= 11 is 6.23. The molecule has 0 aliphatic heterocycles. The van der Waals surface area contributed by atoms with Crippen molar-refractivity contribution in [2.24, 2.45) is 7.05 Å². The summed E-state index contributed by atoms with van der Waals surface area (Å²) in [6.45, 7) is -0.100. The van der Waals surface area contributed by atoms with Gasteiger partial charge in [0.1, 0.15) is 17.0 Å². The molecule has 3 aromatic heterocycles. The molecular formula is C20H19ClN6O3. The van der Waals surface area contributed by atoms with Crippen LogP contribution in [0.4, 0.5) is 23.0 Å². The van der Waals surface area contributed by atoms with Crippen molar-refractivity contribution in [1.29, 1.82) is 0 Å². The average molecular weight is 427 g/mol. The zero-order valence-electron chi connectivity index (χ0n) is 16.2. The summed E-state index contributed by atoms with van der Waals surface area (Å²) in [4.78, 5) is 21.4. The maximum atomic E-state index is 12.6. The van der Waals surface area contributed by atoms with Gasteiger partial charge in [0.15, 0.2) is 11.4 Å². The number of aliphatic hydroxyl groups excluding tert-OH is 1. The Morgan fingerprint density at radius 1 is 1.20 bits per heavy atom. The van der Waals surface area contributed by atoms with Crippen molar-refractivity contribution in [3.63, 3.8) is 0 Å². The number of anilines is 4. The zero-order chi connectivity index (χ0) is 21.3. The number of halogens is 1. The van der Waals surface area contributed by atoms with E-state index in [1.54, 1.807) is 49.6 Å². The first-order valence-corrected chi connectivity index (χ1v) is 9.40. The maximum Gasteiger partial charge on any atom is 0.277 e. The van der Waals surface area contributed by atoms with Gasteiger partial charge in [0.05, 0.1) is 30.1 Å². The van der Waals surface area contributed by atoms with E-state index in [-0.39, 0.29) is 12.2 Å². The smallest absolute Gasteiger partial charge is 0.277 e. The highest BCUT2D eigenvalue weighted by atomic mass is 35.5. The van der Waals surface area contributed by atoms with Gasteiger partial charge in [0.25, 0.3) is 5.56 Å². The van der Waals surface area contributed by atoms with Gasteiger partial charge in [0.2, 0.25) is 0 Å². The Labute approximate surface area is 176 Å². The number of pyridine rings is 2. The van der Waals surface area contributed by atoms with Gasteiger partial charge in [-0.25, -0.2) is 9.97 Å². The second kappa shape index (κ2) is 8.05. The Morgan fingerprint density at radius 2 is 2.03 bits per heavy atom. The molecule has 154 valence electrons. The molecule has 0 fully saturated rings. The van der Waals surface area contributed by atoms with E-state index in [0.717, 1.165) is 0 Å². The summed E-state index contributed by atoms with van der Waals surface area (Å²) in [7, 11) is 3.14. The molecule has 10 heteroatoms. The summed E-state index contributed by atoms with van der Waals surface area (Å²) in [6.07, 6.45) is 1.59. The third-order valence-electron chi connectivity index (χ3n) is 4.52. The number of rotatable bonds is 6. The predicted octanol–water partition coefficient (Wildman–Crippen LogP) is 3.30. The standard InChI is InChI=1S/C20H19ClN6O3/c1-27-20(29)17-14(23-13-5-3-4-12(21)18(13)30-2)9-16(25-19(17)26-27)24-15-8-11(10-28)6-7-22-15/h3-9,28H,10H2,1-2H3,(H3,22,23,24,25,26). The van der Waals surface area contributed by atoms with E-state index in [1.807, 2.05) is 0 Å². The number of para-hydroxylation sites is 1. The average Bonchev–Trinajstić information content (AvgIpc) is 3.02. The van der Waals surface area contributed by atoms with Gasteiger partial charge in [-0.2, -0.15) is 0 Å². The number of hydrogen-bond acceptors (Lipinski definition) is 7. The molecule has 4 rings (SSSR count). The van der Waals surface area contributed by atoms with Crippen LogP contribution in [-0.4, -0.2) is 32.0 Å². The van der Waals surface area contributed by atoms with Gasteiger partial charge in [-0.15, -0.1) is 0 Å². The highest BCUT2D eigenvalue weighted by Gasteiger charge is 2.16. The largest absolute Gasteiger partial charge is 0.493 e. The topological polar surface area (TPSA) is 117 Å². The lowest BCUT2D eigenvalue weighted by molar-refractivity contribution is 0.282. The number of aromatic nitrogens is 4. The first-order chi connectivity index (χ1) is 14.5. The highest BCUT2D eigenvalue weighted by Crippen LogP contribution is 2.36. The third-order valence-corrected chi connectivity index (χ3v) is 4.81. The molecule has 0 aliphatic carbocycles. The van der Waals surface area contributed by atoms with E-state index in [9.17, 15) is 9.90 Å². The summed E-state index contributed by atoms with van der Waals surface area (Å²) in [5, 5.41) is 19.4.